The maximum absolute atomic E-state index is 14.4. The zero-order valence-corrected chi connectivity index (χ0v) is 16.5. The van der Waals surface area contributed by atoms with Crippen LogP contribution < -0.4 is 4.74 Å². The second-order valence-corrected chi connectivity index (χ2v) is 6.71. The standard InChI is InChI=1S/C20H23ClF2N2O2/c1-5-25(3)13-24-17-12-18(27-4)16(11-14(17)2)19(26,20(21,22)23)15-9-7-6-8-10-15/h6-13,26H,5H2,1-4H3. The van der Waals surface area contributed by atoms with Gasteiger partial charge in [0.1, 0.15) is 5.75 Å². The molecule has 0 fully saturated rings. The minimum Gasteiger partial charge on any atom is -0.496 e. The molecular formula is C20H23ClF2N2O2. The Morgan fingerprint density at radius 2 is 1.89 bits per heavy atom. The maximum atomic E-state index is 14.4. The quantitative estimate of drug-likeness (QED) is 0.420. The molecule has 0 aromatic heterocycles. The Morgan fingerprint density at radius 3 is 2.41 bits per heavy atom. The average Bonchev–Trinajstić information content (AvgIpc) is 2.65. The van der Waals surface area contributed by atoms with Crippen molar-refractivity contribution in [3.63, 3.8) is 0 Å². The van der Waals surface area contributed by atoms with Gasteiger partial charge in [-0.1, -0.05) is 30.3 Å². The number of aliphatic hydroxyl groups is 1. The number of methoxy groups -OCH3 is 1. The molecule has 1 atom stereocenters. The van der Waals surface area contributed by atoms with E-state index in [1.54, 1.807) is 31.5 Å². The molecule has 0 aliphatic rings. The van der Waals surface area contributed by atoms with Crippen LogP contribution in [0.1, 0.15) is 23.6 Å². The molecule has 0 aliphatic carbocycles. The summed E-state index contributed by atoms with van der Waals surface area (Å²) in [6.45, 7) is 4.47. The highest BCUT2D eigenvalue weighted by Gasteiger charge is 2.55. The second kappa shape index (κ2) is 8.23. The molecule has 1 unspecified atom stereocenters. The van der Waals surface area contributed by atoms with Crippen molar-refractivity contribution in [1.29, 1.82) is 0 Å². The van der Waals surface area contributed by atoms with Gasteiger partial charge in [-0.15, -0.1) is 0 Å². The summed E-state index contributed by atoms with van der Waals surface area (Å²) in [5, 5.41) is 7.09. The summed E-state index contributed by atoms with van der Waals surface area (Å²) in [6, 6.07) is 10.5. The fourth-order valence-electron chi connectivity index (χ4n) is 2.66. The van der Waals surface area contributed by atoms with Crippen LogP contribution in [0.4, 0.5) is 14.5 Å². The number of benzene rings is 2. The van der Waals surface area contributed by atoms with Crippen molar-refractivity contribution in [3.05, 3.63) is 59.2 Å². The van der Waals surface area contributed by atoms with E-state index >= 15 is 0 Å². The molecule has 0 radical (unpaired) electrons. The third-order valence-corrected chi connectivity index (χ3v) is 4.68. The molecule has 0 amide bonds. The van der Waals surface area contributed by atoms with Gasteiger partial charge in [-0.25, -0.2) is 4.99 Å². The smallest absolute Gasteiger partial charge is 0.358 e. The van der Waals surface area contributed by atoms with Crippen molar-refractivity contribution >= 4 is 23.6 Å². The number of alkyl halides is 3. The Morgan fingerprint density at radius 1 is 1.26 bits per heavy atom. The number of aliphatic imine (C=N–C) groups is 1. The number of aryl methyl sites for hydroxylation is 1. The average molecular weight is 397 g/mol. The normalized spacial score (nSPS) is 14.2. The third-order valence-electron chi connectivity index (χ3n) is 4.40. The van der Waals surface area contributed by atoms with Gasteiger partial charge in [0.2, 0.25) is 0 Å². The number of rotatable bonds is 7. The molecule has 1 N–H and O–H groups in total. The molecule has 2 aromatic rings. The summed E-state index contributed by atoms with van der Waals surface area (Å²) >= 11 is 5.38. The van der Waals surface area contributed by atoms with E-state index in [0.29, 0.717) is 11.3 Å². The van der Waals surface area contributed by atoms with Crippen LogP contribution in [0.2, 0.25) is 0 Å². The summed E-state index contributed by atoms with van der Waals surface area (Å²) in [5.41, 5.74) is -1.79. The molecule has 7 heteroatoms. The first kappa shape index (κ1) is 21.1. The third kappa shape index (κ3) is 4.22. The van der Waals surface area contributed by atoms with E-state index in [9.17, 15) is 13.9 Å². The minimum absolute atomic E-state index is 0.0373. The summed E-state index contributed by atoms with van der Waals surface area (Å²) < 4.78 is 34.1. The summed E-state index contributed by atoms with van der Waals surface area (Å²) in [7, 11) is 3.21. The second-order valence-electron chi connectivity index (χ2n) is 6.23. The minimum atomic E-state index is -3.97. The lowest BCUT2D eigenvalue weighted by Crippen LogP contribution is -2.42. The molecule has 0 bridgehead atoms. The van der Waals surface area contributed by atoms with Crippen LogP contribution in [0.15, 0.2) is 47.5 Å². The lowest BCUT2D eigenvalue weighted by atomic mass is 9.84. The number of ether oxygens (including phenoxy) is 1. The monoisotopic (exact) mass is 396 g/mol. The highest BCUT2D eigenvalue weighted by molar-refractivity contribution is 6.22. The highest BCUT2D eigenvalue weighted by atomic mass is 35.5. The summed E-state index contributed by atoms with van der Waals surface area (Å²) in [4.78, 5) is 6.23. The van der Waals surface area contributed by atoms with Gasteiger partial charge < -0.3 is 14.7 Å². The molecule has 0 saturated carbocycles. The SMILES string of the molecule is CCN(C)C=Nc1cc(OC)c(C(O)(c2ccccc2)C(F)(F)Cl)cc1C. The van der Waals surface area contributed by atoms with E-state index in [2.05, 4.69) is 4.99 Å². The van der Waals surface area contributed by atoms with E-state index in [0.717, 1.165) is 6.54 Å². The molecular weight excluding hydrogens is 374 g/mol. The predicted octanol–water partition coefficient (Wildman–Crippen LogP) is 4.68. The number of hydrogen-bond acceptors (Lipinski definition) is 3. The highest BCUT2D eigenvalue weighted by Crippen LogP contribution is 2.49. The van der Waals surface area contributed by atoms with Crippen molar-refractivity contribution in [3.8, 4) is 5.75 Å². The van der Waals surface area contributed by atoms with Crippen molar-refractivity contribution < 1.29 is 18.6 Å². The number of hydrogen-bond donors (Lipinski definition) is 1. The fourth-order valence-corrected chi connectivity index (χ4v) is 2.87. The number of halogens is 3. The van der Waals surface area contributed by atoms with E-state index in [-0.39, 0.29) is 16.9 Å². The molecule has 27 heavy (non-hydrogen) atoms. The molecule has 0 heterocycles. The topological polar surface area (TPSA) is 45.1 Å². The summed E-state index contributed by atoms with van der Waals surface area (Å²) in [6.07, 6.45) is 1.64. The van der Waals surface area contributed by atoms with E-state index in [4.69, 9.17) is 16.3 Å². The Labute approximate surface area is 163 Å². The largest absolute Gasteiger partial charge is 0.496 e. The molecule has 2 rings (SSSR count). The molecule has 0 spiro atoms. The fraction of sp³-hybridized carbons (Fsp3) is 0.350. The van der Waals surface area contributed by atoms with Gasteiger partial charge in [0.05, 0.1) is 19.1 Å². The zero-order valence-electron chi connectivity index (χ0n) is 15.7. The molecule has 0 saturated heterocycles. The lowest BCUT2D eigenvalue weighted by Gasteiger charge is -2.34. The van der Waals surface area contributed by atoms with Crippen molar-refractivity contribution in [2.45, 2.75) is 24.8 Å². The van der Waals surface area contributed by atoms with Gasteiger partial charge in [-0.3, -0.25) is 0 Å². The van der Waals surface area contributed by atoms with Crippen molar-refractivity contribution in [2.24, 2.45) is 4.99 Å². The van der Waals surface area contributed by atoms with E-state index in [1.165, 1.54) is 31.4 Å². The first-order valence-electron chi connectivity index (χ1n) is 8.43. The van der Waals surface area contributed by atoms with Crippen LogP contribution in [0.25, 0.3) is 0 Å². The maximum Gasteiger partial charge on any atom is 0.358 e. The van der Waals surface area contributed by atoms with E-state index < -0.39 is 11.0 Å². The van der Waals surface area contributed by atoms with Gasteiger partial charge >= 0.3 is 5.38 Å². The number of nitrogens with zero attached hydrogens (tertiary/aromatic N) is 2. The van der Waals surface area contributed by atoms with Gasteiger partial charge in [-0.05, 0) is 42.6 Å². The van der Waals surface area contributed by atoms with Crippen molar-refractivity contribution in [2.75, 3.05) is 20.7 Å². The molecule has 146 valence electrons. The van der Waals surface area contributed by atoms with Gasteiger partial charge in [0.15, 0.2) is 5.60 Å². The first-order valence-corrected chi connectivity index (χ1v) is 8.81. The Bertz CT molecular complexity index is 810. The zero-order chi connectivity index (χ0) is 20.2. The summed E-state index contributed by atoms with van der Waals surface area (Å²) in [5.74, 6) is 0.0681. The van der Waals surface area contributed by atoms with E-state index in [1.807, 2.05) is 18.9 Å². The van der Waals surface area contributed by atoms with Crippen LogP contribution in [0.3, 0.4) is 0 Å². The molecule has 2 aromatic carbocycles. The Balaban J connectivity index is 2.68. The van der Waals surface area contributed by atoms with Crippen LogP contribution >= 0.6 is 11.6 Å². The van der Waals surface area contributed by atoms with Crippen LogP contribution in [-0.2, 0) is 5.60 Å². The van der Waals surface area contributed by atoms with Gasteiger partial charge in [-0.2, -0.15) is 8.78 Å². The lowest BCUT2D eigenvalue weighted by molar-refractivity contribution is -0.105. The first-order chi connectivity index (χ1) is 12.6. The Hall–Kier alpha value is -2.18. The van der Waals surface area contributed by atoms with Crippen LogP contribution in [0.5, 0.6) is 5.75 Å². The molecule has 0 aliphatic heterocycles. The Kier molecular flexibility index (Phi) is 6.44. The van der Waals surface area contributed by atoms with Gasteiger partial charge in [0.25, 0.3) is 0 Å². The van der Waals surface area contributed by atoms with Gasteiger partial charge in [0, 0.05) is 25.2 Å². The predicted molar refractivity (Wildman–Crippen MR) is 104 cm³/mol. The molecule has 4 nitrogen and oxygen atoms in total. The van der Waals surface area contributed by atoms with Crippen LogP contribution in [0, 0.1) is 6.92 Å². The van der Waals surface area contributed by atoms with Crippen LogP contribution in [-0.4, -0.2) is 42.4 Å². The van der Waals surface area contributed by atoms with Crippen molar-refractivity contribution in [1.82, 2.24) is 4.90 Å².